The lowest BCUT2D eigenvalue weighted by atomic mass is 10.1. The van der Waals surface area contributed by atoms with Crippen molar-refractivity contribution in [1.29, 1.82) is 0 Å². The first-order valence-corrected chi connectivity index (χ1v) is 7.49. The van der Waals surface area contributed by atoms with Crippen molar-refractivity contribution in [2.75, 3.05) is 23.7 Å². The summed E-state index contributed by atoms with van der Waals surface area (Å²) >= 11 is 3.22. The Labute approximate surface area is 122 Å². The maximum absolute atomic E-state index is 12.2. The molecule has 2 amide bonds. The number of carbonyl (C=O) groups is 2. The number of alkyl halides is 1. The quantitative estimate of drug-likeness (QED) is 0.817. The average Bonchev–Trinajstić information content (AvgIpc) is 2.40. The Morgan fingerprint density at radius 1 is 1.26 bits per heavy atom. The number of nitrogens with one attached hydrogen (secondary N) is 1. The lowest BCUT2D eigenvalue weighted by Crippen LogP contribution is -2.30. The molecular weight excluding hydrogens is 308 g/mol. The molecule has 0 aromatic heterocycles. The van der Waals surface area contributed by atoms with Crippen molar-refractivity contribution >= 4 is 33.4 Å². The van der Waals surface area contributed by atoms with E-state index < -0.39 is 0 Å². The molecule has 0 aliphatic rings. The Hall–Kier alpha value is -1.36. The van der Waals surface area contributed by atoms with Crippen molar-refractivity contribution in [1.82, 2.24) is 4.90 Å². The van der Waals surface area contributed by atoms with Crippen LogP contribution in [0.25, 0.3) is 0 Å². The minimum absolute atomic E-state index is 0.0124. The summed E-state index contributed by atoms with van der Waals surface area (Å²) in [7, 11) is 0. The number of carbonyl (C=O) groups excluding carboxylic acids is 2. The van der Waals surface area contributed by atoms with Gasteiger partial charge in [-0.2, -0.15) is 0 Å². The van der Waals surface area contributed by atoms with E-state index in [0.29, 0.717) is 36.1 Å². The van der Waals surface area contributed by atoms with Crippen LogP contribution in [0.1, 0.15) is 30.6 Å². The van der Waals surface area contributed by atoms with E-state index in [1.165, 1.54) is 0 Å². The SMILES string of the molecule is CCN(CC)C(=O)c1cccc(NC(=O)CCBr)c1. The highest BCUT2D eigenvalue weighted by molar-refractivity contribution is 9.09. The van der Waals surface area contributed by atoms with Gasteiger partial charge in [-0.1, -0.05) is 22.0 Å². The second-order valence-corrected chi connectivity index (χ2v) is 4.84. The lowest BCUT2D eigenvalue weighted by Gasteiger charge is -2.19. The maximum atomic E-state index is 12.2. The highest BCUT2D eigenvalue weighted by Crippen LogP contribution is 2.13. The molecule has 0 heterocycles. The van der Waals surface area contributed by atoms with Crippen molar-refractivity contribution in [3.05, 3.63) is 29.8 Å². The van der Waals surface area contributed by atoms with Crippen LogP contribution in [-0.4, -0.2) is 35.1 Å². The van der Waals surface area contributed by atoms with Crippen LogP contribution in [0.2, 0.25) is 0 Å². The second kappa shape index (κ2) is 7.94. The Morgan fingerprint density at radius 3 is 2.53 bits per heavy atom. The van der Waals surface area contributed by atoms with Gasteiger partial charge in [0.15, 0.2) is 0 Å². The number of nitrogens with zero attached hydrogens (tertiary/aromatic N) is 1. The van der Waals surface area contributed by atoms with Crippen LogP contribution in [0, 0.1) is 0 Å². The lowest BCUT2D eigenvalue weighted by molar-refractivity contribution is -0.115. The maximum Gasteiger partial charge on any atom is 0.253 e. The third kappa shape index (κ3) is 4.67. The first kappa shape index (κ1) is 15.7. The molecule has 5 heteroatoms. The largest absolute Gasteiger partial charge is 0.339 e. The molecule has 19 heavy (non-hydrogen) atoms. The molecule has 1 aromatic carbocycles. The molecule has 1 aromatic rings. The van der Waals surface area contributed by atoms with Gasteiger partial charge in [0, 0.05) is 36.1 Å². The fourth-order valence-electron chi connectivity index (χ4n) is 1.73. The molecule has 0 aliphatic carbocycles. The summed E-state index contributed by atoms with van der Waals surface area (Å²) in [6.07, 6.45) is 0.411. The summed E-state index contributed by atoms with van der Waals surface area (Å²) in [5, 5.41) is 3.40. The number of rotatable bonds is 6. The Balaban J connectivity index is 2.82. The molecule has 0 bridgehead atoms. The predicted octanol–water partition coefficient (Wildman–Crippen LogP) is 2.89. The molecular formula is C14H19BrN2O2. The fourth-order valence-corrected chi connectivity index (χ4v) is 2.09. The van der Waals surface area contributed by atoms with Crippen molar-refractivity contribution in [2.24, 2.45) is 0 Å². The standard InChI is InChI=1S/C14H19BrN2O2/c1-3-17(4-2)14(19)11-6-5-7-12(10-11)16-13(18)8-9-15/h5-7,10H,3-4,8-9H2,1-2H3,(H,16,18). The molecule has 0 spiro atoms. The first-order chi connectivity index (χ1) is 9.12. The highest BCUT2D eigenvalue weighted by Gasteiger charge is 2.12. The Morgan fingerprint density at radius 2 is 1.95 bits per heavy atom. The Kier molecular flexibility index (Phi) is 6.56. The molecule has 0 fully saturated rings. The second-order valence-electron chi connectivity index (χ2n) is 4.05. The molecule has 0 aliphatic heterocycles. The summed E-state index contributed by atoms with van der Waals surface area (Å²) in [4.78, 5) is 25.4. The van der Waals surface area contributed by atoms with Gasteiger partial charge >= 0.3 is 0 Å². The number of halogens is 1. The molecule has 0 atom stereocenters. The summed E-state index contributed by atoms with van der Waals surface area (Å²) in [6, 6.07) is 7.04. The van der Waals surface area contributed by atoms with E-state index in [2.05, 4.69) is 21.2 Å². The molecule has 0 radical (unpaired) electrons. The molecule has 1 rings (SSSR count). The van der Waals surface area contributed by atoms with Crippen LogP contribution in [0.5, 0.6) is 0 Å². The molecule has 0 saturated carbocycles. The van der Waals surface area contributed by atoms with Crippen LogP contribution in [-0.2, 0) is 4.79 Å². The molecule has 0 unspecified atom stereocenters. The third-order valence-corrected chi connectivity index (χ3v) is 3.16. The van der Waals surface area contributed by atoms with E-state index in [0.717, 1.165) is 0 Å². The zero-order valence-corrected chi connectivity index (χ0v) is 12.9. The normalized spacial score (nSPS) is 10.1. The van der Waals surface area contributed by atoms with E-state index in [4.69, 9.17) is 0 Å². The number of anilines is 1. The average molecular weight is 327 g/mol. The van der Waals surface area contributed by atoms with E-state index >= 15 is 0 Å². The fraction of sp³-hybridized carbons (Fsp3) is 0.429. The van der Waals surface area contributed by atoms with Gasteiger partial charge in [0.05, 0.1) is 0 Å². The van der Waals surface area contributed by atoms with Gasteiger partial charge < -0.3 is 10.2 Å². The summed E-state index contributed by atoms with van der Waals surface area (Å²) in [5.41, 5.74) is 1.25. The predicted molar refractivity (Wildman–Crippen MR) is 80.7 cm³/mol. The minimum Gasteiger partial charge on any atom is -0.339 e. The molecule has 104 valence electrons. The summed E-state index contributed by atoms with van der Waals surface area (Å²) < 4.78 is 0. The van der Waals surface area contributed by atoms with Crippen LogP contribution >= 0.6 is 15.9 Å². The van der Waals surface area contributed by atoms with Gasteiger partial charge in [-0.15, -0.1) is 0 Å². The zero-order valence-electron chi connectivity index (χ0n) is 11.3. The van der Waals surface area contributed by atoms with E-state index in [-0.39, 0.29) is 11.8 Å². The van der Waals surface area contributed by atoms with Crippen molar-refractivity contribution in [3.63, 3.8) is 0 Å². The number of hydrogen-bond donors (Lipinski definition) is 1. The molecule has 4 nitrogen and oxygen atoms in total. The topological polar surface area (TPSA) is 49.4 Å². The van der Waals surface area contributed by atoms with Crippen LogP contribution < -0.4 is 5.32 Å². The summed E-state index contributed by atoms with van der Waals surface area (Å²) in [6.45, 7) is 5.25. The molecule has 1 N–H and O–H groups in total. The zero-order chi connectivity index (χ0) is 14.3. The van der Waals surface area contributed by atoms with Crippen LogP contribution in [0.3, 0.4) is 0 Å². The highest BCUT2D eigenvalue weighted by atomic mass is 79.9. The van der Waals surface area contributed by atoms with E-state index in [9.17, 15) is 9.59 Å². The van der Waals surface area contributed by atoms with E-state index in [1.54, 1.807) is 29.2 Å². The number of amides is 2. The van der Waals surface area contributed by atoms with Crippen molar-refractivity contribution in [2.45, 2.75) is 20.3 Å². The van der Waals surface area contributed by atoms with Gasteiger partial charge in [-0.3, -0.25) is 9.59 Å². The summed E-state index contributed by atoms with van der Waals surface area (Å²) in [5.74, 6) is -0.0779. The van der Waals surface area contributed by atoms with Crippen molar-refractivity contribution < 1.29 is 9.59 Å². The smallest absolute Gasteiger partial charge is 0.253 e. The van der Waals surface area contributed by atoms with Gasteiger partial charge in [-0.05, 0) is 32.0 Å². The molecule has 0 saturated heterocycles. The minimum atomic E-state index is -0.0655. The van der Waals surface area contributed by atoms with Crippen molar-refractivity contribution in [3.8, 4) is 0 Å². The van der Waals surface area contributed by atoms with Gasteiger partial charge in [-0.25, -0.2) is 0 Å². The number of benzene rings is 1. The first-order valence-electron chi connectivity index (χ1n) is 6.37. The van der Waals surface area contributed by atoms with Gasteiger partial charge in [0.25, 0.3) is 5.91 Å². The number of hydrogen-bond acceptors (Lipinski definition) is 2. The van der Waals surface area contributed by atoms with Crippen LogP contribution in [0.4, 0.5) is 5.69 Å². The monoisotopic (exact) mass is 326 g/mol. The van der Waals surface area contributed by atoms with E-state index in [1.807, 2.05) is 13.8 Å². The Bertz CT molecular complexity index is 445. The van der Waals surface area contributed by atoms with Gasteiger partial charge in [0.1, 0.15) is 0 Å². The van der Waals surface area contributed by atoms with Gasteiger partial charge in [0.2, 0.25) is 5.91 Å². The van der Waals surface area contributed by atoms with Crippen LogP contribution in [0.15, 0.2) is 24.3 Å². The third-order valence-electron chi connectivity index (χ3n) is 2.77.